The first-order valence-electron chi connectivity index (χ1n) is 9.19. The number of aryl methyl sites for hydroxylation is 2. The smallest absolute Gasteiger partial charge is 0.120 e. The van der Waals surface area contributed by atoms with Crippen LogP contribution in [0.5, 0.6) is 5.75 Å². The van der Waals surface area contributed by atoms with Gasteiger partial charge in [0.25, 0.3) is 0 Å². The lowest BCUT2D eigenvalue weighted by atomic mass is 9.96. The van der Waals surface area contributed by atoms with E-state index in [-0.39, 0.29) is 0 Å². The quantitative estimate of drug-likeness (QED) is 0.854. The van der Waals surface area contributed by atoms with Gasteiger partial charge in [-0.05, 0) is 75.0 Å². The number of ether oxygens (including phenoxy) is 1. The Kier molecular flexibility index (Phi) is 6.17. The summed E-state index contributed by atoms with van der Waals surface area (Å²) < 4.78 is 5.93. The Morgan fingerprint density at radius 1 is 1.19 bits per heavy atom. The van der Waals surface area contributed by atoms with Crippen molar-refractivity contribution in [1.29, 1.82) is 0 Å². The van der Waals surface area contributed by atoms with Crippen molar-refractivity contribution >= 4 is 11.6 Å². The Morgan fingerprint density at radius 2 is 1.96 bits per heavy atom. The summed E-state index contributed by atoms with van der Waals surface area (Å²) >= 11 is 6.21. The molecular weight excluding hydrogens is 348 g/mol. The van der Waals surface area contributed by atoms with Gasteiger partial charge < -0.3 is 9.84 Å². The Balaban J connectivity index is 1.57. The molecule has 2 heterocycles. The third-order valence-electron chi connectivity index (χ3n) is 5.04. The Labute approximate surface area is 160 Å². The minimum absolute atomic E-state index is 0.310. The molecule has 1 fully saturated rings. The number of halogens is 1. The highest BCUT2D eigenvalue weighted by Gasteiger charge is 2.31. The first kappa shape index (κ1) is 19.2. The van der Waals surface area contributed by atoms with Gasteiger partial charge in [0.2, 0.25) is 0 Å². The summed E-state index contributed by atoms with van der Waals surface area (Å²) in [5.41, 5.74) is 2.27. The second-order valence-corrected chi connectivity index (χ2v) is 7.71. The van der Waals surface area contributed by atoms with Crippen LogP contribution in [0.1, 0.15) is 36.1 Å². The van der Waals surface area contributed by atoms with Crippen LogP contribution in [-0.4, -0.2) is 40.3 Å². The van der Waals surface area contributed by atoms with Crippen LogP contribution in [0.4, 0.5) is 0 Å². The molecule has 1 aliphatic heterocycles. The van der Waals surface area contributed by atoms with Gasteiger partial charge in [-0.2, -0.15) is 0 Å². The summed E-state index contributed by atoms with van der Waals surface area (Å²) in [5, 5.41) is 11.8. The molecule has 0 bridgehead atoms. The number of aliphatic hydroxyl groups is 1. The lowest BCUT2D eigenvalue weighted by Gasteiger charge is -2.27. The monoisotopic (exact) mass is 374 g/mol. The van der Waals surface area contributed by atoms with Crippen molar-refractivity contribution in [2.75, 3.05) is 19.7 Å². The SMILES string of the molecule is Cc1cc(OCC2(O)CCCN(Cc3ccccn3)CC2)cc(C)c1Cl. The van der Waals surface area contributed by atoms with Crippen LogP contribution < -0.4 is 4.74 Å². The van der Waals surface area contributed by atoms with Crippen LogP contribution >= 0.6 is 11.6 Å². The molecule has 1 atom stereocenters. The van der Waals surface area contributed by atoms with Gasteiger partial charge in [-0.25, -0.2) is 0 Å². The highest BCUT2D eigenvalue weighted by atomic mass is 35.5. The third-order valence-corrected chi connectivity index (χ3v) is 5.64. The largest absolute Gasteiger partial charge is 0.491 e. The number of nitrogens with zero attached hydrogens (tertiary/aromatic N) is 2. The average molecular weight is 375 g/mol. The number of hydrogen-bond acceptors (Lipinski definition) is 4. The average Bonchev–Trinajstić information content (AvgIpc) is 2.81. The predicted molar refractivity (Wildman–Crippen MR) is 105 cm³/mol. The molecule has 0 radical (unpaired) electrons. The van der Waals surface area contributed by atoms with Crippen molar-refractivity contribution in [3.8, 4) is 5.75 Å². The highest BCUT2D eigenvalue weighted by Crippen LogP contribution is 2.28. The maximum absolute atomic E-state index is 11.0. The van der Waals surface area contributed by atoms with Crippen molar-refractivity contribution in [2.45, 2.75) is 45.3 Å². The summed E-state index contributed by atoms with van der Waals surface area (Å²) in [4.78, 5) is 6.76. The molecule has 0 aliphatic carbocycles. The summed E-state index contributed by atoms with van der Waals surface area (Å²) in [7, 11) is 0. The number of pyridine rings is 1. The number of aromatic nitrogens is 1. The molecule has 0 spiro atoms. The van der Waals surface area contributed by atoms with Gasteiger partial charge in [0.15, 0.2) is 0 Å². The summed E-state index contributed by atoms with van der Waals surface area (Å²) in [6.07, 6.45) is 4.22. The summed E-state index contributed by atoms with van der Waals surface area (Å²) in [6.45, 7) is 6.89. The van der Waals surface area contributed by atoms with Crippen LogP contribution in [0.25, 0.3) is 0 Å². The first-order valence-corrected chi connectivity index (χ1v) is 9.57. The van der Waals surface area contributed by atoms with Crippen LogP contribution in [-0.2, 0) is 6.54 Å². The molecule has 2 aromatic rings. The van der Waals surface area contributed by atoms with E-state index in [1.54, 1.807) is 0 Å². The molecule has 5 heteroatoms. The molecule has 26 heavy (non-hydrogen) atoms. The van der Waals surface area contributed by atoms with Crippen molar-refractivity contribution in [2.24, 2.45) is 0 Å². The molecule has 1 N–H and O–H groups in total. The van der Waals surface area contributed by atoms with Crippen molar-refractivity contribution in [3.63, 3.8) is 0 Å². The summed E-state index contributed by atoms with van der Waals surface area (Å²) in [6, 6.07) is 9.86. The molecule has 1 unspecified atom stereocenters. The van der Waals surface area contributed by atoms with Crippen LogP contribution in [0.2, 0.25) is 5.02 Å². The lowest BCUT2D eigenvalue weighted by molar-refractivity contribution is -0.0168. The minimum Gasteiger partial charge on any atom is -0.491 e. The van der Waals surface area contributed by atoms with E-state index < -0.39 is 5.60 Å². The lowest BCUT2D eigenvalue weighted by Crippen LogP contribution is -2.37. The molecule has 1 aromatic heterocycles. The maximum Gasteiger partial charge on any atom is 0.120 e. The van der Waals surface area contributed by atoms with E-state index in [1.165, 1.54) is 0 Å². The molecule has 3 rings (SSSR count). The van der Waals surface area contributed by atoms with E-state index in [0.717, 1.165) is 60.1 Å². The van der Waals surface area contributed by atoms with Crippen molar-refractivity contribution in [3.05, 3.63) is 58.4 Å². The Bertz CT molecular complexity index is 715. The second-order valence-electron chi connectivity index (χ2n) is 7.33. The van der Waals surface area contributed by atoms with Gasteiger partial charge in [0, 0.05) is 24.3 Å². The van der Waals surface area contributed by atoms with Crippen molar-refractivity contribution < 1.29 is 9.84 Å². The normalized spacial score (nSPS) is 21.4. The number of rotatable bonds is 5. The van der Waals surface area contributed by atoms with E-state index in [9.17, 15) is 5.11 Å². The fourth-order valence-electron chi connectivity index (χ4n) is 3.47. The zero-order chi connectivity index (χ0) is 18.6. The molecular formula is C21H27ClN2O2. The van der Waals surface area contributed by atoms with Gasteiger partial charge >= 0.3 is 0 Å². The van der Waals surface area contributed by atoms with Crippen LogP contribution in [0.3, 0.4) is 0 Å². The van der Waals surface area contributed by atoms with Gasteiger partial charge in [-0.3, -0.25) is 9.88 Å². The predicted octanol–water partition coefficient (Wildman–Crippen LogP) is 4.15. The molecule has 0 amide bonds. The second kappa shape index (κ2) is 8.38. The Morgan fingerprint density at radius 3 is 2.65 bits per heavy atom. The molecule has 1 saturated heterocycles. The maximum atomic E-state index is 11.0. The fourth-order valence-corrected chi connectivity index (χ4v) is 3.57. The zero-order valence-corrected chi connectivity index (χ0v) is 16.3. The topological polar surface area (TPSA) is 45.6 Å². The van der Waals surface area contributed by atoms with Crippen molar-refractivity contribution in [1.82, 2.24) is 9.88 Å². The standard InChI is InChI=1S/C21H27ClN2O2/c1-16-12-19(13-17(2)20(16)22)26-15-21(25)7-5-10-24(11-8-21)14-18-6-3-4-9-23-18/h3-4,6,9,12-13,25H,5,7-8,10-11,14-15H2,1-2H3. The third kappa shape index (κ3) is 4.97. The van der Waals surface area contributed by atoms with Crippen LogP contribution in [0.15, 0.2) is 36.5 Å². The molecule has 1 aromatic carbocycles. The van der Waals surface area contributed by atoms with Gasteiger partial charge in [-0.15, -0.1) is 0 Å². The number of likely N-dealkylation sites (tertiary alicyclic amines) is 1. The molecule has 140 valence electrons. The van der Waals surface area contributed by atoms with E-state index in [2.05, 4.69) is 9.88 Å². The molecule has 0 saturated carbocycles. The van der Waals surface area contributed by atoms with Gasteiger partial charge in [0.1, 0.15) is 12.4 Å². The van der Waals surface area contributed by atoms with E-state index >= 15 is 0 Å². The summed E-state index contributed by atoms with van der Waals surface area (Å²) in [5.74, 6) is 0.771. The molecule has 4 nitrogen and oxygen atoms in total. The van der Waals surface area contributed by atoms with Gasteiger partial charge in [-0.1, -0.05) is 17.7 Å². The zero-order valence-electron chi connectivity index (χ0n) is 15.5. The number of hydrogen-bond donors (Lipinski definition) is 1. The first-order chi connectivity index (χ1) is 12.5. The molecule has 1 aliphatic rings. The minimum atomic E-state index is -0.791. The van der Waals surface area contributed by atoms with E-state index in [4.69, 9.17) is 16.3 Å². The van der Waals surface area contributed by atoms with E-state index in [1.807, 2.05) is 50.4 Å². The Hall–Kier alpha value is -1.62. The highest BCUT2D eigenvalue weighted by molar-refractivity contribution is 6.32. The van der Waals surface area contributed by atoms with Crippen LogP contribution in [0, 0.1) is 13.8 Å². The number of benzene rings is 1. The van der Waals surface area contributed by atoms with E-state index in [0.29, 0.717) is 13.0 Å². The fraction of sp³-hybridized carbons (Fsp3) is 0.476. The van der Waals surface area contributed by atoms with Gasteiger partial charge in [0.05, 0.1) is 11.3 Å².